The van der Waals surface area contributed by atoms with Gasteiger partial charge in [0.25, 0.3) is 5.91 Å². The molecule has 1 heterocycles. The zero-order chi connectivity index (χ0) is 19.2. The van der Waals surface area contributed by atoms with E-state index in [9.17, 15) is 4.79 Å². The summed E-state index contributed by atoms with van der Waals surface area (Å²) in [5.74, 6) is 0.326. The maximum Gasteiger partial charge on any atom is 0.277 e. The molecule has 138 valence electrons. The Bertz CT molecular complexity index is 966. The zero-order valence-electron chi connectivity index (χ0n) is 15.4. The van der Waals surface area contributed by atoms with Gasteiger partial charge < -0.3 is 4.74 Å². The Labute approximate surface area is 156 Å². The number of carbonyl (C=O) groups excluding carboxylic acids is 1. The van der Waals surface area contributed by atoms with Gasteiger partial charge in [-0.1, -0.05) is 18.2 Å². The van der Waals surface area contributed by atoms with Gasteiger partial charge in [0.05, 0.1) is 11.4 Å². The summed E-state index contributed by atoms with van der Waals surface area (Å²) in [6.45, 7) is 5.73. The summed E-state index contributed by atoms with van der Waals surface area (Å²) in [6, 6.07) is 13.2. The molecule has 0 bridgehead atoms. The molecule has 0 saturated heterocycles. The molecule has 2 aromatic carbocycles. The summed E-state index contributed by atoms with van der Waals surface area (Å²) >= 11 is 0. The van der Waals surface area contributed by atoms with Crippen LogP contribution in [0.25, 0.3) is 5.69 Å². The van der Waals surface area contributed by atoms with E-state index in [-0.39, 0.29) is 12.5 Å². The molecule has 1 N–H and O–H groups in total. The number of amides is 1. The van der Waals surface area contributed by atoms with E-state index in [1.54, 1.807) is 4.68 Å². The SMILES string of the molecule is C/C(=N/NC(=O)COc1ccc(C)c(C)c1)c1cccc(-n2cnnn2)c1. The van der Waals surface area contributed by atoms with E-state index in [4.69, 9.17) is 4.74 Å². The highest BCUT2D eigenvalue weighted by Crippen LogP contribution is 2.16. The molecule has 0 aliphatic heterocycles. The largest absolute Gasteiger partial charge is 0.484 e. The molecule has 8 heteroatoms. The number of hydrogen-bond acceptors (Lipinski definition) is 6. The number of benzene rings is 2. The molecule has 1 aromatic heterocycles. The first-order chi connectivity index (χ1) is 13.0. The number of hydrazone groups is 1. The smallest absolute Gasteiger partial charge is 0.277 e. The van der Waals surface area contributed by atoms with Crippen molar-refractivity contribution >= 4 is 11.6 Å². The molecule has 0 fully saturated rings. The van der Waals surface area contributed by atoms with Crippen LogP contribution in [0.3, 0.4) is 0 Å². The van der Waals surface area contributed by atoms with Gasteiger partial charge in [0.15, 0.2) is 6.61 Å². The lowest BCUT2D eigenvalue weighted by Gasteiger charge is -2.08. The minimum Gasteiger partial charge on any atom is -0.484 e. The van der Waals surface area contributed by atoms with Gasteiger partial charge in [-0.15, -0.1) is 5.10 Å². The van der Waals surface area contributed by atoms with Crippen LogP contribution >= 0.6 is 0 Å². The molecule has 1 amide bonds. The van der Waals surface area contributed by atoms with E-state index in [1.807, 2.05) is 63.2 Å². The second-order valence-electron chi connectivity index (χ2n) is 6.07. The van der Waals surface area contributed by atoms with Crippen molar-refractivity contribution in [2.45, 2.75) is 20.8 Å². The van der Waals surface area contributed by atoms with E-state index in [2.05, 4.69) is 26.1 Å². The molecule has 0 aliphatic rings. The van der Waals surface area contributed by atoms with E-state index in [1.165, 1.54) is 11.9 Å². The minimum absolute atomic E-state index is 0.107. The van der Waals surface area contributed by atoms with Gasteiger partial charge >= 0.3 is 0 Å². The van der Waals surface area contributed by atoms with Crippen LogP contribution in [0, 0.1) is 13.8 Å². The molecule has 0 spiro atoms. The Kier molecular flexibility index (Phi) is 5.55. The first-order valence-corrected chi connectivity index (χ1v) is 8.40. The van der Waals surface area contributed by atoms with E-state index >= 15 is 0 Å². The standard InChI is InChI=1S/C19H20N6O2/c1-13-7-8-18(9-14(13)2)27-11-19(26)22-21-15(3)16-5-4-6-17(10-16)25-12-20-23-24-25/h4-10,12H,11H2,1-3H3,(H,22,26)/b21-15-. The highest BCUT2D eigenvalue weighted by molar-refractivity contribution is 5.99. The summed E-state index contributed by atoms with van der Waals surface area (Å²) in [5.41, 5.74) is 7.11. The molecule has 3 rings (SSSR count). The van der Waals surface area contributed by atoms with Crippen molar-refractivity contribution in [1.82, 2.24) is 25.6 Å². The van der Waals surface area contributed by atoms with Crippen LogP contribution in [-0.4, -0.2) is 38.4 Å². The molecular weight excluding hydrogens is 344 g/mol. The van der Waals surface area contributed by atoms with Gasteiger partial charge in [0, 0.05) is 0 Å². The molecule has 0 unspecified atom stereocenters. The van der Waals surface area contributed by atoms with Gasteiger partial charge in [0.2, 0.25) is 0 Å². The van der Waals surface area contributed by atoms with Crippen LogP contribution in [-0.2, 0) is 4.79 Å². The number of nitrogens with zero attached hydrogens (tertiary/aromatic N) is 5. The Balaban J connectivity index is 1.59. The number of nitrogens with one attached hydrogen (secondary N) is 1. The summed E-state index contributed by atoms with van der Waals surface area (Å²) < 4.78 is 7.05. The molecular formula is C19H20N6O2. The summed E-state index contributed by atoms with van der Waals surface area (Å²) in [6.07, 6.45) is 1.51. The van der Waals surface area contributed by atoms with Gasteiger partial charge in [-0.25, -0.2) is 10.1 Å². The zero-order valence-corrected chi connectivity index (χ0v) is 15.4. The van der Waals surface area contributed by atoms with Crippen molar-refractivity contribution in [1.29, 1.82) is 0 Å². The first kappa shape index (κ1) is 18.2. The Morgan fingerprint density at radius 3 is 2.78 bits per heavy atom. The number of aromatic nitrogens is 4. The number of hydrogen-bond donors (Lipinski definition) is 1. The number of rotatable bonds is 6. The minimum atomic E-state index is -0.329. The van der Waals surface area contributed by atoms with Crippen LogP contribution in [0.15, 0.2) is 53.9 Å². The third-order valence-electron chi connectivity index (χ3n) is 4.07. The molecule has 27 heavy (non-hydrogen) atoms. The van der Waals surface area contributed by atoms with E-state index in [0.717, 1.165) is 16.8 Å². The normalized spacial score (nSPS) is 11.3. The highest BCUT2D eigenvalue weighted by atomic mass is 16.5. The molecule has 0 saturated carbocycles. The summed E-state index contributed by atoms with van der Waals surface area (Å²) in [4.78, 5) is 12.0. The lowest BCUT2D eigenvalue weighted by Crippen LogP contribution is -2.25. The second-order valence-corrected chi connectivity index (χ2v) is 6.07. The Morgan fingerprint density at radius 2 is 2.04 bits per heavy atom. The maximum atomic E-state index is 12.0. The fraction of sp³-hybridized carbons (Fsp3) is 0.211. The molecule has 3 aromatic rings. The average Bonchev–Trinajstić information content (AvgIpc) is 3.22. The molecule has 8 nitrogen and oxygen atoms in total. The van der Waals surface area contributed by atoms with Crippen molar-refractivity contribution in [3.63, 3.8) is 0 Å². The first-order valence-electron chi connectivity index (χ1n) is 8.40. The number of tetrazole rings is 1. The quantitative estimate of drug-likeness (QED) is 0.534. The molecule has 0 atom stereocenters. The third kappa shape index (κ3) is 4.75. The van der Waals surface area contributed by atoms with Crippen LogP contribution in [0.1, 0.15) is 23.6 Å². The topological polar surface area (TPSA) is 94.3 Å². The van der Waals surface area contributed by atoms with Crippen molar-refractivity contribution in [2.24, 2.45) is 5.10 Å². The highest BCUT2D eigenvalue weighted by Gasteiger charge is 2.05. The fourth-order valence-electron chi connectivity index (χ4n) is 2.35. The van der Waals surface area contributed by atoms with Crippen LogP contribution < -0.4 is 10.2 Å². The molecule has 0 radical (unpaired) electrons. The fourth-order valence-corrected chi connectivity index (χ4v) is 2.35. The summed E-state index contributed by atoms with van der Waals surface area (Å²) in [5, 5.41) is 15.2. The van der Waals surface area contributed by atoms with Crippen LogP contribution in [0.4, 0.5) is 0 Å². The molecule has 0 aliphatic carbocycles. The van der Waals surface area contributed by atoms with Gasteiger partial charge in [0.1, 0.15) is 12.1 Å². The number of ether oxygens (including phenoxy) is 1. The Hall–Kier alpha value is -3.55. The van der Waals surface area contributed by atoms with Gasteiger partial charge in [-0.2, -0.15) is 5.10 Å². The number of carbonyl (C=O) groups is 1. The lowest BCUT2D eigenvalue weighted by atomic mass is 10.1. The maximum absolute atomic E-state index is 12.0. The van der Waals surface area contributed by atoms with Crippen molar-refractivity contribution in [3.05, 3.63) is 65.5 Å². The van der Waals surface area contributed by atoms with Gasteiger partial charge in [-0.3, -0.25) is 4.79 Å². The van der Waals surface area contributed by atoms with E-state index in [0.29, 0.717) is 11.5 Å². The van der Waals surface area contributed by atoms with Crippen molar-refractivity contribution < 1.29 is 9.53 Å². The summed E-state index contributed by atoms with van der Waals surface area (Å²) in [7, 11) is 0. The average molecular weight is 364 g/mol. The monoisotopic (exact) mass is 364 g/mol. The van der Waals surface area contributed by atoms with E-state index < -0.39 is 0 Å². The van der Waals surface area contributed by atoms with Gasteiger partial charge in [-0.05, 0) is 72.2 Å². The lowest BCUT2D eigenvalue weighted by molar-refractivity contribution is -0.123. The van der Waals surface area contributed by atoms with Crippen molar-refractivity contribution in [2.75, 3.05) is 6.61 Å². The second kappa shape index (κ2) is 8.22. The van der Waals surface area contributed by atoms with Crippen molar-refractivity contribution in [3.8, 4) is 11.4 Å². The predicted octanol–water partition coefficient (Wildman–Crippen LogP) is 2.20. The predicted molar refractivity (Wildman–Crippen MR) is 101 cm³/mol. The number of aryl methyl sites for hydroxylation is 2. The Morgan fingerprint density at radius 1 is 1.19 bits per heavy atom. The van der Waals surface area contributed by atoms with Crippen LogP contribution in [0.5, 0.6) is 5.75 Å². The van der Waals surface area contributed by atoms with Crippen LogP contribution in [0.2, 0.25) is 0 Å². The third-order valence-corrected chi connectivity index (χ3v) is 4.07.